The number of nitrogen functional groups attached to an aromatic ring is 1. The van der Waals surface area contributed by atoms with E-state index < -0.39 is 0 Å². The molecule has 0 aliphatic carbocycles. The minimum Gasteiger partial charge on any atom is -0.397 e. The van der Waals surface area contributed by atoms with Crippen molar-refractivity contribution in [1.82, 2.24) is 14.9 Å². The van der Waals surface area contributed by atoms with E-state index in [0.29, 0.717) is 23.5 Å². The molecule has 0 radical (unpaired) electrons. The van der Waals surface area contributed by atoms with E-state index in [-0.39, 0.29) is 5.91 Å². The molecule has 1 aromatic heterocycles. The van der Waals surface area contributed by atoms with Crippen molar-refractivity contribution in [3.63, 3.8) is 0 Å². The Bertz CT molecular complexity index is 1200. The summed E-state index contributed by atoms with van der Waals surface area (Å²) >= 11 is 0. The summed E-state index contributed by atoms with van der Waals surface area (Å²) in [5.41, 5.74) is 8.74. The lowest BCUT2D eigenvalue weighted by Crippen LogP contribution is -2.31. The number of carbonyl (C=O) groups is 1. The van der Waals surface area contributed by atoms with Crippen LogP contribution in [-0.2, 0) is 6.54 Å². The van der Waals surface area contributed by atoms with Crippen LogP contribution in [0.5, 0.6) is 0 Å². The molecule has 0 saturated carbocycles. The van der Waals surface area contributed by atoms with Gasteiger partial charge in [0.05, 0.1) is 11.4 Å². The van der Waals surface area contributed by atoms with Crippen LogP contribution in [0.4, 0.5) is 29.0 Å². The summed E-state index contributed by atoms with van der Waals surface area (Å²) in [6.07, 6.45) is 6.22. The highest BCUT2D eigenvalue weighted by Gasteiger charge is 2.16. The van der Waals surface area contributed by atoms with Crippen LogP contribution in [0.25, 0.3) is 0 Å². The lowest BCUT2D eigenvalue weighted by atomic mass is 10.1. The van der Waals surface area contributed by atoms with Gasteiger partial charge >= 0.3 is 0 Å². The third-order valence-electron chi connectivity index (χ3n) is 7.18. The van der Waals surface area contributed by atoms with Crippen molar-refractivity contribution in [2.75, 3.05) is 65.9 Å². The van der Waals surface area contributed by atoms with Crippen LogP contribution in [0, 0.1) is 0 Å². The third-order valence-corrected chi connectivity index (χ3v) is 7.18. The number of hydrogen-bond donors (Lipinski definition) is 4. The van der Waals surface area contributed by atoms with E-state index in [1.165, 1.54) is 45.2 Å². The van der Waals surface area contributed by atoms with Gasteiger partial charge < -0.3 is 31.5 Å². The van der Waals surface area contributed by atoms with Crippen molar-refractivity contribution < 1.29 is 4.79 Å². The standard InChI is InChI=1S/C29H38N8O/c30-24-8-2-3-9-25(24)33-28(38)23-12-10-22(11-13-23)21-32-27-20-26(31-14-19-36-15-6-7-16-36)34-29(35-27)37-17-4-1-5-18-37/h2-3,8-13,20H,1,4-7,14-19,21,30H2,(H,33,38)(H2,31,32,34,35). The summed E-state index contributed by atoms with van der Waals surface area (Å²) in [5.74, 6) is 2.25. The molecule has 38 heavy (non-hydrogen) atoms. The zero-order valence-corrected chi connectivity index (χ0v) is 22.0. The van der Waals surface area contributed by atoms with Gasteiger partial charge in [0.15, 0.2) is 0 Å². The molecule has 2 fully saturated rings. The van der Waals surface area contributed by atoms with E-state index in [4.69, 9.17) is 15.7 Å². The van der Waals surface area contributed by atoms with Crippen LogP contribution >= 0.6 is 0 Å². The quantitative estimate of drug-likeness (QED) is 0.294. The molecule has 2 aliphatic rings. The summed E-state index contributed by atoms with van der Waals surface area (Å²) in [5, 5.41) is 9.85. The fourth-order valence-corrected chi connectivity index (χ4v) is 4.97. The SMILES string of the molecule is Nc1ccccc1NC(=O)c1ccc(CNc2cc(NCCN3CCCC3)nc(N3CCCCC3)n2)cc1. The maximum absolute atomic E-state index is 12.6. The number of nitrogens with zero attached hydrogens (tertiary/aromatic N) is 4. The molecule has 5 rings (SSSR count). The first-order valence-electron chi connectivity index (χ1n) is 13.7. The second-order valence-corrected chi connectivity index (χ2v) is 10.1. The molecular weight excluding hydrogens is 476 g/mol. The van der Waals surface area contributed by atoms with E-state index in [2.05, 4.69) is 25.8 Å². The smallest absolute Gasteiger partial charge is 0.255 e. The fraction of sp³-hybridized carbons (Fsp3) is 0.414. The van der Waals surface area contributed by atoms with Gasteiger partial charge in [-0.3, -0.25) is 4.79 Å². The Morgan fingerprint density at radius 1 is 0.842 bits per heavy atom. The maximum atomic E-state index is 12.6. The van der Waals surface area contributed by atoms with Gasteiger partial charge in [-0.05, 0) is 75.0 Å². The highest BCUT2D eigenvalue weighted by atomic mass is 16.1. The van der Waals surface area contributed by atoms with Crippen LogP contribution in [0.2, 0.25) is 0 Å². The molecule has 1 amide bonds. The van der Waals surface area contributed by atoms with Gasteiger partial charge in [0, 0.05) is 44.4 Å². The largest absolute Gasteiger partial charge is 0.397 e. The Morgan fingerprint density at radius 2 is 1.53 bits per heavy atom. The van der Waals surface area contributed by atoms with Gasteiger partial charge in [-0.15, -0.1) is 0 Å². The molecule has 9 heteroatoms. The Morgan fingerprint density at radius 3 is 2.26 bits per heavy atom. The van der Waals surface area contributed by atoms with Crippen molar-refractivity contribution in [1.29, 1.82) is 0 Å². The van der Waals surface area contributed by atoms with Crippen molar-refractivity contribution in [2.24, 2.45) is 0 Å². The lowest BCUT2D eigenvalue weighted by molar-refractivity contribution is 0.102. The van der Waals surface area contributed by atoms with Crippen LogP contribution < -0.4 is 26.6 Å². The number of anilines is 5. The number of piperidine rings is 1. The first-order valence-corrected chi connectivity index (χ1v) is 13.7. The molecule has 0 unspecified atom stereocenters. The van der Waals surface area contributed by atoms with Gasteiger partial charge in [0.1, 0.15) is 11.6 Å². The molecule has 5 N–H and O–H groups in total. The Balaban J connectivity index is 1.21. The number of para-hydroxylation sites is 2. The first-order chi connectivity index (χ1) is 18.6. The highest BCUT2D eigenvalue weighted by Crippen LogP contribution is 2.22. The van der Waals surface area contributed by atoms with E-state index in [9.17, 15) is 4.79 Å². The average Bonchev–Trinajstić information content (AvgIpc) is 3.47. The van der Waals surface area contributed by atoms with Gasteiger partial charge in [0.2, 0.25) is 5.95 Å². The van der Waals surface area contributed by atoms with Crippen LogP contribution in [0.3, 0.4) is 0 Å². The maximum Gasteiger partial charge on any atom is 0.255 e. The predicted octanol–water partition coefficient (Wildman–Crippen LogP) is 4.42. The number of nitrogens with two attached hydrogens (primary N) is 1. The highest BCUT2D eigenvalue weighted by molar-refractivity contribution is 6.05. The van der Waals surface area contributed by atoms with E-state index >= 15 is 0 Å². The number of carbonyl (C=O) groups excluding carboxylic acids is 1. The second kappa shape index (κ2) is 12.6. The van der Waals surface area contributed by atoms with Crippen molar-refractivity contribution in [3.8, 4) is 0 Å². The summed E-state index contributed by atoms with van der Waals surface area (Å²) < 4.78 is 0. The molecule has 9 nitrogen and oxygen atoms in total. The molecule has 200 valence electrons. The second-order valence-electron chi connectivity index (χ2n) is 10.1. The molecule has 0 atom stereocenters. The zero-order valence-electron chi connectivity index (χ0n) is 22.0. The fourth-order valence-electron chi connectivity index (χ4n) is 4.97. The number of aromatic nitrogens is 2. The van der Waals surface area contributed by atoms with Crippen molar-refractivity contribution >= 4 is 34.9 Å². The van der Waals surface area contributed by atoms with Gasteiger partial charge in [-0.2, -0.15) is 9.97 Å². The van der Waals surface area contributed by atoms with Crippen LogP contribution in [0.1, 0.15) is 48.0 Å². The number of nitrogens with one attached hydrogen (secondary N) is 3. The Hall–Kier alpha value is -3.85. The van der Waals surface area contributed by atoms with Crippen molar-refractivity contribution in [3.05, 3.63) is 65.7 Å². The number of rotatable bonds is 10. The van der Waals surface area contributed by atoms with E-state index in [1.807, 2.05) is 42.5 Å². The number of amides is 1. The minimum absolute atomic E-state index is 0.186. The topological polar surface area (TPSA) is 111 Å². The van der Waals surface area contributed by atoms with Crippen LogP contribution in [0.15, 0.2) is 54.6 Å². The van der Waals surface area contributed by atoms with Crippen LogP contribution in [-0.4, -0.2) is 60.0 Å². The van der Waals surface area contributed by atoms with E-state index in [0.717, 1.165) is 49.3 Å². The Kier molecular flexibility index (Phi) is 8.55. The monoisotopic (exact) mass is 514 g/mol. The summed E-state index contributed by atoms with van der Waals surface area (Å²) in [7, 11) is 0. The third kappa shape index (κ3) is 6.92. The molecule has 3 aromatic rings. The number of likely N-dealkylation sites (tertiary alicyclic amines) is 1. The molecule has 2 saturated heterocycles. The normalized spacial score (nSPS) is 15.8. The molecule has 2 aliphatic heterocycles. The summed E-state index contributed by atoms with van der Waals surface area (Å²) in [6.45, 7) is 6.87. The van der Waals surface area contributed by atoms with Crippen molar-refractivity contribution in [2.45, 2.75) is 38.6 Å². The number of benzene rings is 2. The number of hydrogen-bond acceptors (Lipinski definition) is 8. The van der Waals surface area contributed by atoms with Gasteiger partial charge in [-0.25, -0.2) is 0 Å². The molecular formula is C29H38N8O. The van der Waals surface area contributed by atoms with Gasteiger partial charge in [-0.1, -0.05) is 24.3 Å². The first kappa shape index (κ1) is 25.8. The summed E-state index contributed by atoms with van der Waals surface area (Å²) in [6, 6.07) is 16.8. The lowest BCUT2D eigenvalue weighted by Gasteiger charge is -2.27. The minimum atomic E-state index is -0.186. The van der Waals surface area contributed by atoms with E-state index in [1.54, 1.807) is 12.1 Å². The summed E-state index contributed by atoms with van der Waals surface area (Å²) in [4.78, 5) is 27.1. The Labute approximate surface area is 224 Å². The predicted molar refractivity (Wildman–Crippen MR) is 155 cm³/mol. The molecule has 3 heterocycles. The molecule has 2 aromatic carbocycles. The molecule has 0 bridgehead atoms. The average molecular weight is 515 g/mol. The zero-order chi connectivity index (χ0) is 26.2. The van der Waals surface area contributed by atoms with Gasteiger partial charge in [0.25, 0.3) is 5.91 Å². The molecule has 0 spiro atoms.